The lowest BCUT2D eigenvalue weighted by Gasteiger charge is -2.23. The molecular weight excluding hydrogens is 403 g/mol. The topological polar surface area (TPSA) is 59.0 Å². The first-order chi connectivity index (χ1) is 15.6. The van der Waals surface area contributed by atoms with Gasteiger partial charge in [0.25, 0.3) is 5.91 Å². The molecule has 32 heavy (non-hydrogen) atoms. The summed E-state index contributed by atoms with van der Waals surface area (Å²) in [7, 11) is 0. The highest BCUT2D eigenvalue weighted by molar-refractivity contribution is 5.97. The van der Waals surface area contributed by atoms with Gasteiger partial charge in [-0.2, -0.15) is 0 Å². The number of aromatic nitrogens is 3. The number of carbonyl (C=O) groups excluding carboxylic acids is 1. The molecule has 1 amide bonds. The van der Waals surface area contributed by atoms with Crippen molar-refractivity contribution < 1.29 is 9.18 Å². The van der Waals surface area contributed by atoms with Crippen LogP contribution >= 0.6 is 0 Å². The molecule has 0 bridgehead atoms. The summed E-state index contributed by atoms with van der Waals surface area (Å²) in [5, 5.41) is 0. The Bertz CT molecular complexity index is 1240. The molecule has 0 spiro atoms. The Labute approximate surface area is 187 Å². The molecule has 0 aliphatic heterocycles. The van der Waals surface area contributed by atoms with Crippen LogP contribution in [0.4, 0.5) is 4.39 Å². The Kier molecular flexibility index (Phi) is 6.50. The molecule has 2 heterocycles. The fourth-order valence-corrected chi connectivity index (χ4v) is 3.73. The summed E-state index contributed by atoms with van der Waals surface area (Å²) in [6, 6.07) is 17.4. The molecule has 6 heteroatoms. The van der Waals surface area contributed by atoms with Gasteiger partial charge in [-0.15, -0.1) is 0 Å². The molecule has 0 N–H and O–H groups in total. The van der Waals surface area contributed by atoms with Gasteiger partial charge in [0.2, 0.25) is 0 Å². The van der Waals surface area contributed by atoms with Gasteiger partial charge < -0.3 is 4.90 Å². The zero-order valence-corrected chi connectivity index (χ0v) is 18.3. The quantitative estimate of drug-likeness (QED) is 0.409. The normalized spacial score (nSPS) is 11.0. The van der Waals surface area contributed by atoms with E-state index in [1.165, 1.54) is 6.07 Å². The number of carbonyl (C=O) groups is 1. The number of fused-ring (bicyclic) bond motifs is 1. The van der Waals surface area contributed by atoms with Gasteiger partial charge in [0.15, 0.2) is 0 Å². The van der Waals surface area contributed by atoms with E-state index in [1.807, 2.05) is 31.2 Å². The van der Waals surface area contributed by atoms with Crippen LogP contribution in [0.3, 0.4) is 0 Å². The number of aryl methyl sites for hydroxylation is 2. The molecule has 2 aromatic carbocycles. The van der Waals surface area contributed by atoms with Crippen molar-refractivity contribution in [3.05, 3.63) is 101 Å². The van der Waals surface area contributed by atoms with E-state index in [0.717, 1.165) is 35.4 Å². The van der Waals surface area contributed by atoms with Gasteiger partial charge in [-0.1, -0.05) is 38.1 Å². The van der Waals surface area contributed by atoms with E-state index in [4.69, 9.17) is 9.97 Å². The number of hydrogen-bond donors (Lipinski definition) is 0. The molecule has 5 nitrogen and oxygen atoms in total. The molecule has 4 aromatic rings. The van der Waals surface area contributed by atoms with Crippen LogP contribution in [0.15, 0.2) is 66.9 Å². The molecule has 4 rings (SSSR count). The molecular formula is C26H25FN4O. The molecule has 0 fully saturated rings. The van der Waals surface area contributed by atoms with Crippen molar-refractivity contribution >= 4 is 16.9 Å². The van der Waals surface area contributed by atoms with E-state index in [9.17, 15) is 9.18 Å². The van der Waals surface area contributed by atoms with E-state index in [1.54, 1.807) is 41.4 Å². The lowest BCUT2D eigenvalue weighted by atomic mass is 10.1. The largest absolute Gasteiger partial charge is 0.328 e. The summed E-state index contributed by atoms with van der Waals surface area (Å²) in [6.07, 6.45) is 3.28. The van der Waals surface area contributed by atoms with Gasteiger partial charge in [-0.3, -0.25) is 9.78 Å². The van der Waals surface area contributed by atoms with E-state index < -0.39 is 0 Å². The first-order valence-electron chi connectivity index (χ1n) is 10.8. The first kappa shape index (κ1) is 21.6. The maximum atomic E-state index is 14.3. The average Bonchev–Trinajstić information content (AvgIpc) is 2.83. The minimum atomic E-state index is -0.338. The second-order valence-electron chi connectivity index (χ2n) is 7.60. The van der Waals surface area contributed by atoms with Crippen LogP contribution in [0, 0.1) is 5.82 Å². The van der Waals surface area contributed by atoms with Crippen LogP contribution in [0.1, 0.15) is 46.9 Å². The SMILES string of the molecule is CCc1nc2ccc(C(=O)N(Cc3ccccn3)Cc3ccccc3F)cc2nc1CC. The molecule has 162 valence electrons. The van der Waals surface area contributed by atoms with Crippen LogP contribution in [-0.2, 0) is 25.9 Å². The summed E-state index contributed by atoms with van der Waals surface area (Å²) < 4.78 is 14.3. The van der Waals surface area contributed by atoms with Gasteiger partial charge in [0, 0.05) is 23.9 Å². The molecule has 0 saturated carbocycles. The van der Waals surface area contributed by atoms with E-state index in [0.29, 0.717) is 16.6 Å². The number of hydrogen-bond acceptors (Lipinski definition) is 4. The van der Waals surface area contributed by atoms with Crippen molar-refractivity contribution in [2.24, 2.45) is 0 Å². The summed E-state index contributed by atoms with van der Waals surface area (Å²) in [6.45, 7) is 4.52. The Morgan fingerprint density at radius 2 is 1.59 bits per heavy atom. The molecule has 0 aliphatic rings. The minimum Gasteiger partial charge on any atom is -0.328 e. The van der Waals surface area contributed by atoms with Crippen LogP contribution < -0.4 is 0 Å². The number of pyridine rings is 1. The standard InChI is InChI=1S/C26H25FN4O/c1-3-22-23(4-2)30-25-15-18(12-13-24(25)29-22)26(32)31(17-20-10-7-8-14-28-20)16-19-9-5-6-11-21(19)27/h5-15H,3-4,16-17H2,1-2H3. The number of nitrogens with zero attached hydrogens (tertiary/aromatic N) is 4. The second kappa shape index (κ2) is 9.64. The molecule has 0 saturated heterocycles. The predicted molar refractivity (Wildman–Crippen MR) is 123 cm³/mol. The molecule has 0 atom stereocenters. The summed E-state index contributed by atoms with van der Waals surface area (Å²) >= 11 is 0. The van der Waals surface area contributed by atoms with Crippen molar-refractivity contribution in [1.82, 2.24) is 19.9 Å². The average molecular weight is 429 g/mol. The maximum absolute atomic E-state index is 14.3. The number of rotatable bonds is 7. The van der Waals surface area contributed by atoms with E-state index >= 15 is 0 Å². The van der Waals surface area contributed by atoms with E-state index in [2.05, 4.69) is 11.9 Å². The minimum absolute atomic E-state index is 0.140. The Hall–Kier alpha value is -3.67. The van der Waals surface area contributed by atoms with Crippen molar-refractivity contribution in [2.75, 3.05) is 0 Å². The number of benzene rings is 2. The fourth-order valence-electron chi connectivity index (χ4n) is 3.73. The predicted octanol–water partition coefficient (Wildman–Crippen LogP) is 5.13. The third kappa shape index (κ3) is 4.64. The number of amides is 1. The van der Waals surface area contributed by atoms with E-state index in [-0.39, 0.29) is 24.8 Å². The zero-order valence-electron chi connectivity index (χ0n) is 18.3. The highest BCUT2D eigenvalue weighted by Crippen LogP contribution is 2.20. The summed E-state index contributed by atoms with van der Waals surface area (Å²) in [5.41, 5.74) is 5.06. The third-order valence-corrected chi connectivity index (χ3v) is 5.42. The highest BCUT2D eigenvalue weighted by Gasteiger charge is 2.20. The zero-order chi connectivity index (χ0) is 22.5. The highest BCUT2D eigenvalue weighted by atomic mass is 19.1. The van der Waals surface area contributed by atoms with Crippen LogP contribution in [0.25, 0.3) is 11.0 Å². The molecule has 0 radical (unpaired) electrons. The Balaban J connectivity index is 1.70. The van der Waals surface area contributed by atoms with Gasteiger partial charge in [0.05, 0.1) is 34.7 Å². The first-order valence-corrected chi connectivity index (χ1v) is 10.8. The summed E-state index contributed by atoms with van der Waals surface area (Å²) in [5.74, 6) is -0.546. The Morgan fingerprint density at radius 1 is 0.875 bits per heavy atom. The third-order valence-electron chi connectivity index (χ3n) is 5.42. The van der Waals surface area contributed by atoms with Gasteiger partial charge >= 0.3 is 0 Å². The van der Waals surface area contributed by atoms with Crippen molar-refractivity contribution in [3.63, 3.8) is 0 Å². The van der Waals surface area contributed by atoms with Gasteiger partial charge in [0.1, 0.15) is 5.82 Å². The molecule has 0 unspecified atom stereocenters. The van der Waals surface area contributed by atoms with Crippen molar-refractivity contribution in [2.45, 2.75) is 39.8 Å². The maximum Gasteiger partial charge on any atom is 0.254 e. The fraction of sp³-hybridized carbons (Fsp3) is 0.231. The lowest BCUT2D eigenvalue weighted by Crippen LogP contribution is -2.30. The Morgan fingerprint density at radius 3 is 2.28 bits per heavy atom. The van der Waals surface area contributed by atoms with Crippen molar-refractivity contribution in [1.29, 1.82) is 0 Å². The second-order valence-corrected chi connectivity index (χ2v) is 7.60. The molecule has 2 aromatic heterocycles. The lowest BCUT2D eigenvalue weighted by molar-refractivity contribution is 0.0726. The van der Waals surface area contributed by atoms with Crippen molar-refractivity contribution in [3.8, 4) is 0 Å². The van der Waals surface area contributed by atoms with Crippen LogP contribution in [0.2, 0.25) is 0 Å². The van der Waals surface area contributed by atoms with Gasteiger partial charge in [-0.05, 0) is 49.2 Å². The van der Waals surface area contributed by atoms with Crippen LogP contribution in [-0.4, -0.2) is 25.8 Å². The smallest absolute Gasteiger partial charge is 0.254 e. The van der Waals surface area contributed by atoms with Gasteiger partial charge in [-0.25, -0.2) is 14.4 Å². The van der Waals surface area contributed by atoms with Crippen LogP contribution in [0.5, 0.6) is 0 Å². The monoisotopic (exact) mass is 428 g/mol. The molecule has 0 aliphatic carbocycles. The summed E-state index contributed by atoms with van der Waals surface area (Å²) in [4.78, 5) is 28.9. The number of halogens is 1.